The minimum Gasteiger partial charge on any atom is -0.380 e. The second-order valence-electron chi connectivity index (χ2n) is 7.10. The molecule has 2 aliphatic rings. The fourth-order valence-corrected chi connectivity index (χ4v) is 3.91. The highest BCUT2D eigenvalue weighted by Gasteiger charge is 2.29. The van der Waals surface area contributed by atoms with E-state index < -0.39 is 0 Å². The standard InChI is InChI=1S/C19H37NO2/c1-2-3-4-5-8-11-18-12-9-6-7-10-14-21-16-19-17-22-15-13-20(18)19/h18-19H,2-17H2,1H3/t18?,19-/m0/s1. The summed E-state index contributed by atoms with van der Waals surface area (Å²) in [6.07, 6.45) is 15.1. The zero-order chi connectivity index (χ0) is 15.5. The van der Waals surface area contributed by atoms with Crippen LogP contribution < -0.4 is 0 Å². The highest BCUT2D eigenvalue weighted by molar-refractivity contribution is 4.82. The molecule has 2 atom stereocenters. The van der Waals surface area contributed by atoms with Gasteiger partial charge in [0.05, 0.1) is 25.9 Å². The molecule has 0 spiro atoms. The predicted octanol–water partition coefficient (Wildman–Crippen LogP) is 4.40. The Hall–Kier alpha value is -0.120. The van der Waals surface area contributed by atoms with Crippen LogP contribution in [0.5, 0.6) is 0 Å². The SMILES string of the molecule is CCCCCCCC1CCCCCCOC[C@H]2COCCN12. The third-order valence-electron chi connectivity index (χ3n) is 5.27. The first kappa shape index (κ1) is 18.2. The van der Waals surface area contributed by atoms with E-state index in [9.17, 15) is 0 Å². The van der Waals surface area contributed by atoms with Crippen LogP contribution in [0, 0.1) is 0 Å². The van der Waals surface area contributed by atoms with Crippen molar-refractivity contribution in [2.24, 2.45) is 0 Å². The Morgan fingerprint density at radius 1 is 0.864 bits per heavy atom. The molecule has 0 amide bonds. The van der Waals surface area contributed by atoms with Crippen LogP contribution in [0.15, 0.2) is 0 Å². The first-order chi connectivity index (χ1) is 10.9. The minimum atomic E-state index is 0.493. The van der Waals surface area contributed by atoms with Gasteiger partial charge in [-0.2, -0.15) is 0 Å². The predicted molar refractivity (Wildman–Crippen MR) is 92.4 cm³/mol. The largest absolute Gasteiger partial charge is 0.380 e. The summed E-state index contributed by atoms with van der Waals surface area (Å²) < 4.78 is 11.6. The van der Waals surface area contributed by atoms with E-state index >= 15 is 0 Å². The molecule has 0 aromatic carbocycles. The Labute approximate surface area is 137 Å². The monoisotopic (exact) mass is 311 g/mol. The summed E-state index contributed by atoms with van der Waals surface area (Å²) in [5.74, 6) is 0. The van der Waals surface area contributed by atoms with E-state index in [-0.39, 0.29) is 0 Å². The van der Waals surface area contributed by atoms with Gasteiger partial charge in [-0.3, -0.25) is 4.90 Å². The lowest BCUT2D eigenvalue weighted by Gasteiger charge is -2.41. The average Bonchev–Trinajstić information content (AvgIpc) is 2.59. The third-order valence-corrected chi connectivity index (χ3v) is 5.27. The maximum absolute atomic E-state index is 5.92. The zero-order valence-electron chi connectivity index (χ0n) is 14.7. The van der Waals surface area contributed by atoms with Gasteiger partial charge in [0, 0.05) is 19.2 Å². The molecule has 1 unspecified atom stereocenters. The van der Waals surface area contributed by atoms with Crippen molar-refractivity contribution >= 4 is 0 Å². The first-order valence-corrected chi connectivity index (χ1v) is 9.83. The number of morpholine rings is 1. The molecule has 0 N–H and O–H groups in total. The summed E-state index contributed by atoms with van der Waals surface area (Å²) in [4.78, 5) is 2.73. The lowest BCUT2D eigenvalue weighted by atomic mass is 9.97. The molecule has 2 fully saturated rings. The Balaban J connectivity index is 1.85. The molecule has 0 radical (unpaired) electrons. The Morgan fingerprint density at radius 2 is 1.64 bits per heavy atom. The minimum absolute atomic E-state index is 0.493. The second kappa shape index (κ2) is 11.4. The summed E-state index contributed by atoms with van der Waals surface area (Å²) in [5, 5.41) is 0. The van der Waals surface area contributed by atoms with Gasteiger partial charge in [-0.25, -0.2) is 0 Å². The summed E-state index contributed by atoms with van der Waals surface area (Å²) in [6, 6.07) is 1.25. The molecular formula is C19H37NO2. The highest BCUT2D eigenvalue weighted by atomic mass is 16.5. The molecule has 2 saturated heterocycles. The highest BCUT2D eigenvalue weighted by Crippen LogP contribution is 2.23. The maximum atomic E-state index is 5.92. The number of hydrogen-bond donors (Lipinski definition) is 0. The van der Waals surface area contributed by atoms with Crippen molar-refractivity contribution in [2.45, 2.75) is 89.6 Å². The molecule has 3 heteroatoms. The van der Waals surface area contributed by atoms with Crippen LogP contribution in [-0.4, -0.2) is 50.0 Å². The normalized spacial score (nSPS) is 28.8. The van der Waals surface area contributed by atoms with Crippen LogP contribution in [0.2, 0.25) is 0 Å². The van der Waals surface area contributed by atoms with E-state index in [0.29, 0.717) is 6.04 Å². The molecule has 2 heterocycles. The van der Waals surface area contributed by atoms with Gasteiger partial charge in [-0.1, -0.05) is 58.3 Å². The molecule has 0 aliphatic carbocycles. The molecule has 2 aliphatic heterocycles. The first-order valence-electron chi connectivity index (χ1n) is 9.83. The summed E-state index contributed by atoms with van der Waals surface area (Å²) in [7, 11) is 0. The van der Waals surface area contributed by atoms with Gasteiger partial charge in [-0.05, 0) is 19.3 Å². The van der Waals surface area contributed by atoms with Crippen molar-refractivity contribution in [2.75, 3.05) is 33.0 Å². The Kier molecular flexibility index (Phi) is 9.46. The van der Waals surface area contributed by atoms with E-state index in [1.54, 1.807) is 0 Å². The number of ether oxygens (including phenoxy) is 2. The van der Waals surface area contributed by atoms with Gasteiger partial charge in [0.2, 0.25) is 0 Å². The van der Waals surface area contributed by atoms with E-state index in [1.165, 1.54) is 70.6 Å². The molecular weight excluding hydrogens is 274 g/mol. The van der Waals surface area contributed by atoms with Gasteiger partial charge < -0.3 is 9.47 Å². The van der Waals surface area contributed by atoms with Gasteiger partial charge in [0.1, 0.15) is 0 Å². The number of nitrogens with zero attached hydrogens (tertiary/aromatic N) is 1. The molecule has 0 aromatic rings. The quantitative estimate of drug-likeness (QED) is 0.679. The number of hydrogen-bond acceptors (Lipinski definition) is 3. The van der Waals surface area contributed by atoms with Crippen molar-refractivity contribution in [3.05, 3.63) is 0 Å². The van der Waals surface area contributed by atoms with E-state index in [2.05, 4.69) is 11.8 Å². The fraction of sp³-hybridized carbons (Fsp3) is 1.00. The fourth-order valence-electron chi connectivity index (χ4n) is 3.91. The van der Waals surface area contributed by atoms with E-state index in [0.717, 1.165) is 39.0 Å². The number of rotatable bonds is 6. The summed E-state index contributed by atoms with van der Waals surface area (Å²) in [5.41, 5.74) is 0. The molecule has 2 rings (SSSR count). The zero-order valence-corrected chi connectivity index (χ0v) is 14.7. The van der Waals surface area contributed by atoms with Crippen molar-refractivity contribution < 1.29 is 9.47 Å². The van der Waals surface area contributed by atoms with Crippen LogP contribution in [0.4, 0.5) is 0 Å². The Bertz CT molecular complexity index is 272. The molecule has 0 bridgehead atoms. The van der Waals surface area contributed by atoms with Crippen molar-refractivity contribution in [3.8, 4) is 0 Å². The average molecular weight is 312 g/mol. The Morgan fingerprint density at radius 3 is 2.50 bits per heavy atom. The second-order valence-corrected chi connectivity index (χ2v) is 7.10. The van der Waals surface area contributed by atoms with E-state index in [1.807, 2.05) is 0 Å². The molecule has 0 saturated carbocycles. The smallest absolute Gasteiger partial charge is 0.0645 e. The number of fused-ring (bicyclic) bond motifs is 1. The lowest BCUT2D eigenvalue weighted by Crippen LogP contribution is -2.52. The molecule has 0 aromatic heterocycles. The van der Waals surface area contributed by atoms with Gasteiger partial charge >= 0.3 is 0 Å². The van der Waals surface area contributed by atoms with Crippen LogP contribution in [0.1, 0.15) is 77.6 Å². The van der Waals surface area contributed by atoms with Crippen LogP contribution in [-0.2, 0) is 9.47 Å². The van der Waals surface area contributed by atoms with Crippen molar-refractivity contribution in [3.63, 3.8) is 0 Å². The lowest BCUT2D eigenvalue weighted by molar-refractivity contribution is -0.0627. The van der Waals surface area contributed by atoms with Crippen molar-refractivity contribution in [1.29, 1.82) is 0 Å². The van der Waals surface area contributed by atoms with Crippen LogP contribution in [0.25, 0.3) is 0 Å². The summed E-state index contributed by atoms with van der Waals surface area (Å²) in [6.45, 7) is 6.98. The molecule has 3 nitrogen and oxygen atoms in total. The summed E-state index contributed by atoms with van der Waals surface area (Å²) >= 11 is 0. The molecule has 130 valence electrons. The number of unbranched alkanes of at least 4 members (excludes halogenated alkanes) is 4. The third kappa shape index (κ3) is 6.55. The topological polar surface area (TPSA) is 21.7 Å². The van der Waals surface area contributed by atoms with Crippen LogP contribution in [0.3, 0.4) is 0 Å². The van der Waals surface area contributed by atoms with Crippen LogP contribution >= 0.6 is 0 Å². The van der Waals surface area contributed by atoms with Gasteiger partial charge in [-0.15, -0.1) is 0 Å². The van der Waals surface area contributed by atoms with Gasteiger partial charge in [0.25, 0.3) is 0 Å². The maximum Gasteiger partial charge on any atom is 0.0645 e. The molecule has 22 heavy (non-hydrogen) atoms. The van der Waals surface area contributed by atoms with Gasteiger partial charge in [0.15, 0.2) is 0 Å². The van der Waals surface area contributed by atoms with Crippen molar-refractivity contribution in [1.82, 2.24) is 4.90 Å². The van der Waals surface area contributed by atoms with E-state index in [4.69, 9.17) is 9.47 Å².